The first kappa shape index (κ1) is 29.9. The normalized spacial score (nSPS) is 12.4. The predicted octanol–water partition coefficient (Wildman–Crippen LogP) is 3.03. The number of nitrogens with one attached hydrogen (secondary N) is 2. The molecule has 0 bridgehead atoms. The summed E-state index contributed by atoms with van der Waals surface area (Å²) in [7, 11) is 0. The average molecular weight is 521 g/mol. The number of carbonyl (C=O) groups excluding carboxylic acids is 4. The molecule has 0 saturated heterocycles. The number of nitrogens with zero attached hydrogens (tertiary/aromatic N) is 1. The highest BCUT2D eigenvalue weighted by Gasteiger charge is 2.35. The van der Waals surface area contributed by atoms with Crippen molar-refractivity contribution in [3.8, 4) is 12.3 Å². The molecule has 2 aromatic rings. The number of hydrogen-bond acceptors (Lipinski definition) is 5. The lowest BCUT2D eigenvalue weighted by molar-refractivity contribution is -0.142. The van der Waals surface area contributed by atoms with E-state index < -0.39 is 41.5 Å². The van der Waals surface area contributed by atoms with Crippen molar-refractivity contribution in [1.29, 1.82) is 0 Å². The van der Waals surface area contributed by atoms with Crippen molar-refractivity contribution in [3.05, 3.63) is 71.3 Å². The molecule has 4 amide bonds. The Morgan fingerprint density at radius 2 is 1.68 bits per heavy atom. The van der Waals surface area contributed by atoms with Crippen molar-refractivity contribution in [2.75, 3.05) is 6.54 Å². The van der Waals surface area contributed by atoms with Gasteiger partial charge < -0.3 is 26.0 Å². The molecule has 0 radical (unpaired) electrons. The van der Waals surface area contributed by atoms with E-state index in [9.17, 15) is 19.2 Å². The van der Waals surface area contributed by atoms with Crippen molar-refractivity contribution in [2.45, 2.75) is 64.8 Å². The van der Waals surface area contributed by atoms with Gasteiger partial charge in [-0.3, -0.25) is 14.4 Å². The summed E-state index contributed by atoms with van der Waals surface area (Å²) < 4.78 is 5.31. The second-order valence-corrected chi connectivity index (χ2v) is 9.70. The summed E-state index contributed by atoms with van der Waals surface area (Å²) in [6, 6.07) is 14.0. The molecular weight excluding hydrogens is 484 g/mol. The number of ether oxygens (including phenoxy) is 1. The van der Waals surface area contributed by atoms with Crippen LogP contribution in [0.15, 0.2) is 54.6 Å². The number of alkyl carbamates (subject to hydrolysis) is 1. The number of primary amides is 1. The van der Waals surface area contributed by atoms with Gasteiger partial charge in [-0.1, -0.05) is 48.4 Å². The first-order chi connectivity index (χ1) is 17.9. The van der Waals surface area contributed by atoms with E-state index in [0.717, 1.165) is 5.56 Å². The van der Waals surface area contributed by atoms with Crippen molar-refractivity contribution in [1.82, 2.24) is 15.5 Å². The Kier molecular flexibility index (Phi) is 10.9. The van der Waals surface area contributed by atoms with Gasteiger partial charge in [0.15, 0.2) is 0 Å². The maximum Gasteiger partial charge on any atom is 0.408 e. The third kappa shape index (κ3) is 9.28. The zero-order chi connectivity index (χ0) is 28.3. The molecule has 0 aliphatic rings. The fourth-order valence-electron chi connectivity index (χ4n) is 3.78. The van der Waals surface area contributed by atoms with Crippen LogP contribution >= 0.6 is 0 Å². The van der Waals surface area contributed by atoms with Gasteiger partial charge in [-0.25, -0.2) is 4.79 Å². The molecule has 2 rings (SSSR count). The van der Waals surface area contributed by atoms with Crippen LogP contribution in [0.2, 0.25) is 0 Å². The molecule has 38 heavy (non-hydrogen) atoms. The van der Waals surface area contributed by atoms with E-state index in [-0.39, 0.29) is 25.9 Å². The topological polar surface area (TPSA) is 131 Å². The number of likely N-dealkylation sites (N-methyl/N-ethyl adjacent to an activating group) is 1. The monoisotopic (exact) mass is 520 g/mol. The van der Waals surface area contributed by atoms with E-state index in [2.05, 4.69) is 16.6 Å². The molecule has 9 nitrogen and oxygen atoms in total. The summed E-state index contributed by atoms with van der Waals surface area (Å²) in [4.78, 5) is 52.7. The minimum Gasteiger partial charge on any atom is -0.444 e. The molecule has 4 N–H and O–H groups in total. The van der Waals surface area contributed by atoms with Crippen LogP contribution in [-0.4, -0.2) is 46.9 Å². The molecular formula is C29H36N4O5. The number of rotatable bonds is 11. The second-order valence-electron chi connectivity index (χ2n) is 9.70. The molecule has 0 saturated carbocycles. The van der Waals surface area contributed by atoms with E-state index in [1.54, 1.807) is 52.0 Å². The zero-order valence-electron chi connectivity index (χ0n) is 22.3. The van der Waals surface area contributed by atoms with Gasteiger partial charge in [0.25, 0.3) is 0 Å². The Bertz CT molecular complexity index is 1150. The van der Waals surface area contributed by atoms with Gasteiger partial charge in [0, 0.05) is 25.1 Å². The first-order valence-electron chi connectivity index (χ1n) is 12.4. The Hall–Kier alpha value is -4.32. The minimum atomic E-state index is -1.15. The van der Waals surface area contributed by atoms with Crippen molar-refractivity contribution < 1.29 is 23.9 Å². The predicted molar refractivity (Wildman–Crippen MR) is 144 cm³/mol. The summed E-state index contributed by atoms with van der Waals surface area (Å²) in [5, 5.41) is 5.44. The van der Waals surface area contributed by atoms with Crippen LogP contribution in [0, 0.1) is 12.3 Å². The van der Waals surface area contributed by atoms with E-state index in [4.69, 9.17) is 16.9 Å². The van der Waals surface area contributed by atoms with Crippen molar-refractivity contribution >= 4 is 23.8 Å². The summed E-state index contributed by atoms with van der Waals surface area (Å²) in [6.07, 6.45) is 4.46. The van der Waals surface area contributed by atoms with E-state index >= 15 is 0 Å². The molecule has 0 aliphatic heterocycles. The average Bonchev–Trinajstić information content (AvgIpc) is 2.87. The lowest BCUT2D eigenvalue weighted by atomic mass is 10.0. The van der Waals surface area contributed by atoms with Crippen LogP contribution in [0.25, 0.3) is 0 Å². The standard InChI is InChI=1S/C29H36N4O5/c1-6-20-13-15-22(16-14-20)25(26(35)31-19-21-11-9-8-10-12-21)33(7-2)27(36)23(17-18-24(30)34)32-28(37)38-29(3,4)5/h1,8-16,23,25H,7,17-19H2,2-5H3,(H2,30,34)(H,31,35)(H,32,37). The van der Waals surface area contributed by atoms with E-state index in [1.807, 2.05) is 30.3 Å². The third-order valence-electron chi connectivity index (χ3n) is 5.55. The molecule has 2 atom stereocenters. The fourth-order valence-corrected chi connectivity index (χ4v) is 3.78. The summed E-state index contributed by atoms with van der Waals surface area (Å²) in [6.45, 7) is 7.20. The van der Waals surface area contributed by atoms with Crippen LogP contribution in [0.3, 0.4) is 0 Å². The van der Waals surface area contributed by atoms with Gasteiger partial charge in [-0.15, -0.1) is 6.42 Å². The van der Waals surface area contributed by atoms with Gasteiger partial charge in [0.05, 0.1) is 0 Å². The Morgan fingerprint density at radius 1 is 1.05 bits per heavy atom. The minimum absolute atomic E-state index is 0.0572. The summed E-state index contributed by atoms with van der Waals surface area (Å²) in [5.41, 5.74) is 6.57. The van der Waals surface area contributed by atoms with E-state index in [1.165, 1.54) is 4.90 Å². The van der Waals surface area contributed by atoms with Crippen LogP contribution in [-0.2, 0) is 25.7 Å². The maximum absolute atomic E-state index is 13.8. The number of terminal acetylenes is 1. The van der Waals surface area contributed by atoms with Gasteiger partial charge in [-0.05, 0) is 57.4 Å². The van der Waals surface area contributed by atoms with Crippen molar-refractivity contribution in [3.63, 3.8) is 0 Å². The largest absolute Gasteiger partial charge is 0.444 e. The van der Waals surface area contributed by atoms with Crippen LogP contribution < -0.4 is 16.4 Å². The summed E-state index contributed by atoms with van der Waals surface area (Å²) >= 11 is 0. The molecule has 202 valence electrons. The highest BCUT2D eigenvalue weighted by molar-refractivity contribution is 5.92. The Morgan fingerprint density at radius 3 is 2.21 bits per heavy atom. The molecule has 0 spiro atoms. The van der Waals surface area contributed by atoms with Gasteiger partial charge in [0.1, 0.15) is 17.7 Å². The number of amides is 4. The Labute approximate surface area is 224 Å². The molecule has 0 aromatic heterocycles. The molecule has 0 aliphatic carbocycles. The highest BCUT2D eigenvalue weighted by atomic mass is 16.6. The third-order valence-corrected chi connectivity index (χ3v) is 5.55. The molecule has 2 unspecified atom stereocenters. The molecule has 2 aromatic carbocycles. The van der Waals surface area contributed by atoms with Crippen LogP contribution in [0.4, 0.5) is 4.79 Å². The first-order valence-corrected chi connectivity index (χ1v) is 12.4. The van der Waals surface area contributed by atoms with Gasteiger partial charge in [-0.2, -0.15) is 0 Å². The lowest BCUT2D eigenvalue weighted by Gasteiger charge is -2.33. The fraction of sp³-hybridized carbons (Fsp3) is 0.379. The molecule has 0 heterocycles. The maximum atomic E-state index is 13.8. The SMILES string of the molecule is C#Cc1ccc(C(C(=O)NCc2ccccc2)N(CC)C(=O)C(CCC(N)=O)NC(=O)OC(C)(C)C)cc1. The van der Waals surface area contributed by atoms with Gasteiger partial charge in [0.2, 0.25) is 17.7 Å². The second kappa shape index (κ2) is 13.8. The van der Waals surface area contributed by atoms with Crippen LogP contribution in [0.5, 0.6) is 0 Å². The number of carbonyl (C=O) groups is 4. The highest BCUT2D eigenvalue weighted by Crippen LogP contribution is 2.24. The van der Waals surface area contributed by atoms with Gasteiger partial charge >= 0.3 is 6.09 Å². The van der Waals surface area contributed by atoms with Crippen LogP contribution in [0.1, 0.15) is 63.3 Å². The number of hydrogen-bond donors (Lipinski definition) is 3. The molecule has 9 heteroatoms. The summed E-state index contributed by atoms with van der Waals surface area (Å²) in [5.74, 6) is 0.940. The van der Waals surface area contributed by atoms with E-state index in [0.29, 0.717) is 11.1 Å². The smallest absolute Gasteiger partial charge is 0.408 e. The molecule has 0 fully saturated rings. The number of nitrogens with two attached hydrogens (primary N) is 1. The van der Waals surface area contributed by atoms with Crippen molar-refractivity contribution in [2.24, 2.45) is 5.73 Å². The lowest BCUT2D eigenvalue weighted by Crippen LogP contribution is -2.53. The number of benzene rings is 2. The zero-order valence-corrected chi connectivity index (χ0v) is 22.3. The Balaban J connectivity index is 2.40. The quantitative estimate of drug-likeness (QED) is 0.392.